The van der Waals surface area contributed by atoms with Crippen LogP contribution in [0.25, 0.3) is 6.08 Å². The molecule has 2 saturated heterocycles. The summed E-state index contributed by atoms with van der Waals surface area (Å²) in [6.07, 6.45) is 3.25. The number of nitrogens with zero attached hydrogens (tertiary/aromatic N) is 2. The Bertz CT molecular complexity index is 1300. The van der Waals surface area contributed by atoms with Gasteiger partial charge in [-0.2, -0.15) is 8.42 Å². The van der Waals surface area contributed by atoms with Crippen molar-refractivity contribution in [3.8, 4) is 11.5 Å². The van der Waals surface area contributed by atoms with Gasteiger partial charge in [-0.15, -0.1) is 0 Å². The molecule has 0 atom stereocenters. The minimum atomic E-state index is -4.19. The molecule has 0 aromatic heterocycles. The number of imide groups is 1. The number of hydrogen-bond acceptors (Lipinski definition) is 8. The van der Waals surface area contributed by atoms with Crippen LogP contribution in [-0.2, 0) is 19.7 Å². The highest BCUT2D eigenvalue weighted by atomic mass is 35.5. The van der Waals surface area contributed by atoms with Crippen LogP contribution in [0.3, 0.4) is 0 Å². The summed E-state index contributed by atoms with van der Waals surface area (Å²) in [5, 5.41) is -0.163. The van der Waals surface area contributed by atoms with Crippen LogP contribution in [0.15, 0.2) is 52.3 Å². The summed E-state index contributed by atoms with van der Waals surface area (Å²) < 4.78 is 35.9. The van der Waals surface area contributed by atoms with Crippen molar-refractivity contribution in [1.29, 1.82) is 0 Å². The smallest absolute Gasteiger partial charge is 0.339 e. The molecule has 2 aromatic carbocycles. The van der Waals surface area contributed by atoms with Crippen LogP contribution < -0.4 is 8.92 Å². The first-order valence-electron chi connectivity index (χ1n) is 10.6. The highest BCUT2D eigenvalue weighted by molar-refractivity contribution is 8.18. The van der Waals surface area contributed by atoms with Crippen molar-refractivity contribution in [1.82, 2.24) is 9.80 Å². The molecule has 2 aliphatic heterocycles. The van der Waals surface area contributed by atoms with Gasteiger partial charge in [0.25, 0.3) is 11.1 Å². The van der Waals surface area contributed by atoms with Crippen molar-refractivity contribution in [2.24, 2.45) is 0 Å². The van der Waals surface area contributed by atoms with Crippen molar-refractivity contribution >= 4 is 56.6 Å². The number of ether oxygens (including phenoxy) is 1. The molecule has 0 bridgehead atoms. The number of carbonyl (C=O) groups is 3. The molecule has 0 saturated carbocycles. The minimum Gasteiger partial charge on any atom is -0.493 e. The Morgan fingerprint density at radius 2 is 1.77 bits per heavy atom. The second kappa shape index (κ2) is 10.3. The fraction of sp³-hybridized carbons (Fsp3) is 0.261. The molecule has 4 rings (SSSR count). The Hall–Kier alpha value is -3.02. The standard InChI is InChI=1S/C23H21ClN2O7S2/c1-32-18-9-4-15(12-19(18)33-35(30,31)17-7-5-16(24)6-8-17)13-20-22(28)26(23(29)34-20)14-21(27)25-10-2-3-11-25/h4-9,12-13H,2-3,10-11,14H2,1H3/b20-13-. The van der Waals surface area contributed by atoms with Gasteiger partial charge >= 0.3 is 10.1 Å². The van der Waals surface area contributed by atoms with E-state index in [4.69, 9.17) is 20.5 Å². The summed E-state index contributed by atoms with van der Waals surface area (Å²) in [7, 11) is -2.83. The zero-order chi connectivity index (χ0) is 25.2. The summed E-state index contributed by atoms with van der Waals surface area (Å²) in [6, 6.07) is 9.94. The lowest BCUT2D eigenvalue weighted by atomic mass is 10.2. The number of benzene rings is 2. The molecule has 0 unspecified atom stereocenters. The Kier molecular flexibility index (Phi) is 7.39. The predicted octanol–water partition coefficient (Wildman–Crippen LogP) is 3.78. The molecule has 0 spiro atoms. The molecule has 12 heteroatoms. The highest BCUT2D eigenvalue weighted by Crippen LogP contribution is 2.35. The van der Waals surface area contributed by atoms with Crippen LogP contribution in [0, 0.1) is 0 Å². The van der Waals surface area contributed by atoms with Crippen LogP contribution in [0.5, 0.6) is 11.5 Å². The largest absolute Gasteiger partial charge is 0.493 e. The van der Waals surface area contributed by atoms with Crippen molar-refractivity contribution in [2.45, 2.75) is 17.7 Å². The lowest BCUT2D eigenvalue weighted by Gasteiger charge is -2.18. The first kappa shape index (κ1) is 25.1. The summed E-state index contributed by atoms with van der Waals surface area (Å²) in [4.78, 5) is 40.2. The van der Waals surface area contributed by atoms with Crippen molar-refractivity contribution in [3.05, 3.63) is 58.0 Å². The Morgan fingerprint density at radius 1 is 1.09 bits per heavy atom. The average Bonchev–Trinajstić information content (AvgIpc) is 3.44. The minimum absolute atomic E-state index is 0.0976. The van der Waals surface area contributed by atoms with Crippen LogP contribution in [-0.4, -0.2) is 62.0 Å². The molecule has 0 radical (unpaired) electrons. The molecule has 0 aliphatic carbocycles. The van der Waals surface area contributed by atoms with Crippen molar-refractivity contribution < 1.29 is 31.7 Å². The van der Waals surface area contributed by atoms with E-state index in [1.54, 1.807) is 11.0 Å². The Labute approximate surface area is 211 Å². The third-order valence-corrected chi connectivity index (χ3v) is 7.82. The maximum Gasteiger partial charge on any atom is 0.339 e. The molecule has 35 heavy (non-hydrogen) atoms. The molecule has 9 nitrogen and oxygen atoms in total. The number of hydrogen-bond donors (Lipinski definition) is 0. The summed E-state index contributed by atoms with van der Waals surface area (Å²) in [6.45, 7) is 0.940. The van der Waals surface area contributed by atoms with Crippen LogP contribution in [0.1, 0.15) is 18.4 Å². The lowest BCUT2D eigenvalue weighted by molar-refractivity contribution is -0.135. The molecule has 2 fully saturated rings. The van der Waals surface area contributed by atoms with Crippen molar-refractivity contribution in [2.75, 3.05) is 26.7 Å². The zero-order valence-electron chi connectivity index (χ0n) is 18.6. The van der Waals surface area contributed by atoms with Crippen LogP contribution >= 0.6 is 23.4 Å². The second-order valence-corrected chi connectivity index (χ2v) is 10.7. The molecule has 2 heterocycles. The molecule has 3 amide bonds. The van der Waals surface area contributed by atoms with E-state index in [0.717, 1.165) is 17.7 Å². The van der Waals surface area contributed by atoms with E-state index in [9.17, 15) is 22.8 Å². The number of likely N-dealkylation sites (tertiary alicyclic amines) is 1. The van der Waals surface area contributed by atoms with Gasteiger partial charge in [0, 0.05) is 18.1 Å². The van der Waals surface area contributed by atoms with Crippen LogP contribution in [0.2, 0.25) is 5.02 Å². The fourth-order valence-corrected chi connectivity index (χ4v) is 5.50. The predicted molar refractivity (Wildman–Crippen MR) is 131 cm³/mol. The van der Waals surface area contributed by atoms with Gasteiger partial charge in [0.1, 0.15) is 11.4 Å². The lowest BCUT2D eigenvalue weighted by Crippen LogP contribution is -2.40. The monoisotopic (exact) mass is 536 g/mol. The SMILES string of the molecule is COc1ccc(/C=C2\SC(=O)N(CC(=O)N3CCCC3)C2=O)cc1OS(=O)(=O)c1ccc(Cl)cc1. The van der Waals surface area contributed by atoms with Gasteiger partial charge in [0.15, 0.2) is 11.5 Å². The molecule has 2 aliphatic rings. The topological polar surface area (TPSA) is 110 Å². The van der Waals surface area contributed by atoms with E-state index in [2.05, 4.69) is 0 Å². The summed E-state index contributed by atoms with van der Waals surface area (Å²) >= 11 is 6.54. The first-order valence-corrected chi connectivity index (χ1v) is 13.2. The number of carbonyl (C=O) groups excluding carboxylic acids is 3. The quantitative estimate of drug-likeness (QED) is 0.388. The van der Waals surface area contributed by atoms with Gasteiger partial charge in [0.2, 0.25) is 5.91 Å². The molecular formula is C23H21ClN2O7S2. The van der Waals surface area contributed by atoms with E-state index in [1.165, 1.54) is 49.6 Å². The molecular weight excluding hydrogens is 516 g/mol. The molecule has 2 aromatic rings. The van der Waals surface area contributed by atoms with Crippen molar-refractivity contribution in [3.63, 3.8) is 0 Å². The van der Waals surface area contributed by atoms with Crippen LogP contribution in [0.4, 0.5) is 4.79 Å². The third kappa shape index (κ3) is 5.63. The van der Waals surface area contributed by atoms with E-state index in [1.807, 2.05) is 0 Å². The summed E-state index contributed by atoms with van der Waals surface area (Å²) in [5.41, 5.74) is 0.406. The Morgan fingerprint density at radius 3 is 2.43 bits per heavy atom. The number of thioether (sulfide) groups is 1. The normalized spacial score (nSPS) is 17.4. The van der Waals surface area contributed by atoms with Gasteiger partial charge in [-0.1, -0.05) is 17.7 Å². The van der Waals surface area contributed by atoms with Gasteiger partial charge in [-0.3, -0.25) is 19.3 Å². The van der Waals surface area contributed by atoms with E-state index < -0.39 is 21.3 Å². The maximum atomic E-state index is 12.8. The number of rotatable bonds is 7. The Balaban J connectivity index is 1.55. The number of halogens is 1. The van der Waals surface area contributed by atoms with Gasteiger partial charge in [-0.25, -0.2) is 0 Å². The zero-order valence-corrected chi connectivity index (χ0v) is 21.0. The maximum absolute atomic E-state index is 12.8. The third-order valence-electron chi connectivity index (χ3n) is 5.41. The number of amides is 3. The second-order valence-electron chi connectivity index (χ2n) is 7.76. The average molecular weight is 537 g/mol. The first-order chi connectivity index (χ1) is 16.7. The highest BCUT2D eigenvalue weighted by Gasteiger charge is 2.37. The molecule has 0 N–H and O–H groups in total. The van der Waals surface area contributed by atoms with Gasteiger partial charge < -0.3 is 13.8 Å². The van der Waals surface area contributed by atoms with Gasteiger partial charge in [-0.05, 0) is 72.6 Å². The van der Waals surface area contributed by atoms with E-state index in [-0.39, 0.29) is 33.8 Å². The van der Waals surface area contributed by atoms with Gasteiger partial charge in [0.05, 0.1) is 12.0 Å². The number of methoxy groups -OCH3 is 1. The van der Waals surface area contributed by atoms with E-state index >= 15 is 0 Å². The summed E-state index contributed by atoms with van der Waals surface area (Å²) in [5.74, 6) is -0.790. The van der Waals surface area contributed by atoms with E-state index in [0.29, 0.717) is 35.4 Å². The fourth-order valence-electron chi connectivity index (χ4n) is 3.61. The molecule has 184 valence electrons.